The topological polar surface area (TPSA) is 75.4 Å². The van der Waals surface area contributed by atoms with Crippen molar-refractivity contribution in [1.82, 2.24) is 24.9 Å². The molecule has 27 heavy (non-hydrogen) atoms. The summed E-state index contributed by atoms with van der Waals surface area (Å²) in [5.74, 6) is 1.81. The maximum atomic E-state index is 13.2. The summed E-state index contributed by atoms with van der Waals surface area (Å²) in [6.07, 6.45) is 6.73. The zero-order chi connectivity index (χ0) is 18.3. The Morgan fingerprint density at radius 1 is 1.15 bits per heavy atom. The minimum absolute atomic E-state index is 0.109. The molecule has 2 aromatic rings. The largest absolute Gasteiger partial charge is 0.342 e. The fourth-order valence-corrected chi connectivity index (χ4v) is 4.94. The number of fused-ring (bicyclic) bond motifs is 2. The number of rotatable bonds is 3. The van der Waals surface area contributed by atoms with Crippen molar-refractivity contribution in [3.8, 4) is 11.5 Å². The molecule has 0 spiro atoms. The second kappa shape index (κ2) is 6.71. The number of hydrogen-bond acceptors (Lipinski definition) is 6. The predicted octanol–water partition coefficient (Wildman–Crippen LogP) is 2.32. The van der Waals surface area contributed by atoms with Gasteiger partial charge >= 0.3 is 0 Å². The Balaban J connectivity index is 1.23. The van der Waals surface area contributed by atoms with Crippen LogP contribution in [0.1, 0.15) is 43.9 Å². The van der Waals surface area contributed by atoms with Crippen molar-refractivity contribution in [3.05, 3.63) is 30.3 Å². The molecule has 0 aliphatic carbocycles. The number of likely N-dealkylation sites (tertiary alicyclic amines) is 1. The third-order valence-corrected chi connectivity index (χ3v) is 6.48. The molecule has 0 aromatic carbocycles. The van der Waals surface area contributed by atoms with Crippen LogP contribution in [0.15, 0.2) is 28.9 Å². The number of carbonyl (C=O) groups excluding carboxylic acids is 1. The molecule has 142 valence electrons. The monoisotopic (exact) mass is 367 g/mol. The van der Waals surface area contributed by atoms with E-state index in [1.807, 2.05) is 18.2 Å². The molecule has 3 fully saturated rings. The van der Waals surface area contributed by atoms with Crippen molar-refractivity contribution in [3.63, 3.8) is 0 Å². The van der Waals surface area contributed by atoms with Crippen LogP contribution in [0, 0.1) is 5.41 Å². The molecule has 5 rings (SSSR count). The molecule has 2 atom stereocenters. The van der Waals surface area contributed by atoms with Crippen molar-refractivity contribution in [1.29, 1.82) is 0 Å². The van der Waals surface area contributed by atoms with E-state index in [2.05, 4.69) is 24.9 Å². The Morgan fingerprint density at radius 2 is 2.04 bits per heavy atom. The van der Waals surface area contributed by atoms with E-state index in [0.717, 1.165) is 70.5 Å². The molecular formula is C20H25N5O2. The summed E-state index contributed by atoms with van der Waals surface area (Å²) in [5.41, 5.74) is 0.615. The van der Waals surface area contributed by atoms with Gasteiger partial charge in [-0.3, -0.25) is 9.78 Å². The van der Waals surface area contributed by atoms with Crippen LogP contribution in [0.4, 0.5) is 0 Å². The summed E-state index contributed by atoms with van der Waals surface area (Å²) < 4.78 is 5.51. The average Bonchev–Trinajstić information content (AvgIpc) is 3.34. The maximum Gasteiger partial charge on any atom is 0.230 e. The fraction of sp³-hybridized carbons (Fsp3) is 0.600. The molecule has 0 saturated carbocycles. The van der Waals surface area contributed by atoms with Gasteiger partial charge in [-0.15, -0.1) is 0 Å². The molecule has 2 aromatic heterocycles. The summed E-state index contributed by atoms with van der Waals surface area (Å²) >= 11 is 0. The number of carbonyl (C=O) groups is 1. The first-order valence-corrected chi connectivity index (χ1v) is 10.0. The highest BCUT2D eigenvalue weighted by Gasteiger charge is 2.48. The van der Waals surface area contributed by atoms with Crippen LogP contribution >= 0.6 is 0 Å². The van der Waals surface area contributed by atoms with E-state index in [1.165, 1.54) is 0 Å². The summed E-state index contributed by atoms with van der Waals surface area (Å²) in [4.78, 5) is 26.6. The Hall–Kier alpha value is -2.28. The van der Waals surface area contributed by atoms with E-state index in [4.69, 9.17) is 4.52 Å². The number of piperidine rings is 2. The first-order valence-electron chi connectivity index (χ1n) is 10.0. The highest BCUT2D eigenvalue weighted by Crippen LogP contribution is 2.42. The Morgan fingerprint density at radius 3 is 2.85 bits per heavy atom. The first kappa shape index (κ1) is 16.9. The van der Waals surface area contributed by atoms with Gasteiger partial charge in [0.1, 0.15) is 5.69 Å². The highest BCUT2D eigenvalue weighted by molar-refractivity contribution is 5.83. The van der Waals surface area contributed by atoms with E-state index in [1.54, 1.807) is 6.20 Å². The van der Waals surface area contributed by atoms with Gasteiger partial charge in [-0.2, -0.15) is 4.98 Å². The standard InChI is InChI=1S/C20H25N5O2/c26-19(20-7-3-10-24(14-20)13-8-20)25-11-5-15(6-12-25)18-22-17(23-27-18)16-4-1-2-9-21-16/h1-2,4,9,15H,3,5-8,10-14H2. The fourth-order valence-electron chi connectivity index (χ4n) is 4.94. The summed E-state index contributed by atoms with van der Waals surface area (Å²) in [6.45, 7) is 4.77. The Labute approximate surface area is 158 Å². The smallest absolute Gasteiger partial charge is 0.230 e. The number of aromatic nitrogens is 3. The summed E-state index contributed by atoms with van der Waals surface area (Å²) in [7, 11) is 0. The molecule has 1 amide bonds. The lowest BCUT2D eigenvalue weighted by atomic mass is 9.79. The summed E-state index contributed by atoms with van der Waals surface area (Å²) in [5, 5.41) is 4.08. The lowest BCUT2D eigenvalue weighted by molar-refractivity contribution is -0.144. The van der Waals surface area contributed by atoms with Crippen molar-refractivity contribution < 1.29 is 9.32 Å². The van der Waals surface area contributed by atoms with Gasteiger partial charge in [-0.1, -0.05) is 11.2 Å². The van der Waals surface area contributed by atoms with Crippen LogP contribution < -0.4 is 0 Å². The number of hydrogen-bond donors (Lipinski definition) is 0. The molecule has 3 saturated heterocycles. The van der Waals surface area contributed by atoms with Gasteiger partial charge in [0.15, 0.2) is 0 Å². The van der Waals surface area contributed by atoms with Gasteiger partial charge in [0.2, 0.25) is 17.6 Å². The van der Waals surface area contributed by atoms with E-state index in [-0.39, 0.29) is 11.3 Å². The lowest BCUT2D eigenvalue weighted by Gasteiger charge is -2.39. The van der Waals surface area contributed by atoms with Gasteiger partial charge in [0.25, 0.3) is 0 Å². The summed E-state index contributed by atoms with van der Waals surface area (Å²) in [6, 6.07) is 5.66. The van der Waals surface area contributed by atoms with Crippen LogP contribution in [-0.4, -0.2) is 63.6 Å². The molecule has 7 nitrogen and oxygen atoms in total. The van der Waals surface area contributed by atoms with Gasteiger partial charge in [0, 0.05) is 31.7 Å². The Bertz CT molecular complexity index is 811. The minimum Gasteiger partial charge on any atom is -0.342 e. The van der Waals surface area contributed by atoms with E-state index in [0.29, 0.717) is 17.6 Å². The molecule has 0 radical (unpaired) electrons. The van der Waals surface area contributed by atoms with Gasteiger partial charge in [0.05, 0.1) is 5.41 Å². The molecule has 2 bridgehead atoms. The van der Waals surface area contributed by atoms with E-state index >= 15 is 0 Å². The predicted molar refractivity (Wildman–Crippen MR) is 98.8 cm³/mol. The number of nitrogens with zero attached hydrogens (tertiary/aromatic N) is 5. The SMILES string of the molecule is O=C(N1CCC(c2nc(-c3ccccn3)no2)CC1)C12CCCN(CC1)C2. The van der Waals surface area contributed by atoms with Gasteiger partial charge in [-0.25, -0.2) is 0 Å². The molecule has 7 heteroatoms. The van der Waals surface area contributed by atoms with Crippen LogP contribution in [0.2, 0.25) is 0 Å². The Kier molecular flexibility index (Phi) is 4.19. The third-order valence-electron chi connectivity index (χ3n) is 6.48. The van der Waals surface area contributed by atoms with Crippen molar-refractivity contribution in [2.24, 2.45) is 5.41 Å². The first-order chi connectivity index (χ1) is 13.2. The molecule has 5 heterocycles. The molecule has 0 N–H and O–H groups in total. The normalized spacial score (nSPS) is 28.4. The van der Waals surface area contributed by atoms with Crippen molar-refractivity contribution >= 4 is 5.91 Å². The van der Waals surface area contributed by atoms with E-state index in [9.17, 15) is 4.79 Å². The zero-order valence-electron chi connectivity index (χ0n) is 15.5. The number of pyridine rings is 1. The quantitative estimate of drug-likeness (QED) is 0.829. The van der Waals surface area contributed by atoms with Crippen LogP contribution in [-0.2, 0) is 4.79 Å². The molecule has 2 unspecified atom stereocenters. The zero-order valence-corrected chi connectivity index (χ0v) is 15.5. The van der Waals surface area contributed by atoms with Crippen LogP contribution in [0.25, 0.3) is 11.5 Å². The van der Waals surface area contributed by atoms with E-state index < -0.39 is 0 Å². The maximum absolute atomic E-state index is 13.2. The molecular weight excluding hydrogens is 342 g/mol. The lowest BCUT2D eigenvalue weighted by Crippen LogP contribution is -2.50. The third kappa shape index (κ3) is 3.04. The minimum atomic E-state index is -0.109. The van der Waals surface area contributed by atoms with Crippen LogP contribution in [0.5, 0.6) is 0 Å². The van der Waals surface area contributed by atoms with Gasteiger partial charge < -0.3 is 14.3 Å². The second-order valence-corrected chi connectivity index (χ2v) is 8.15. The highest BCUT2D eigenvalue weighted by atomic mass is 16.5. The average molecular weight is 367 g/mol. The second-order valence-electron chi connectivity index (χ2n) is 8.15. The van der Waals surface area contributed by atoms with Crippen molar-refractivity contribution in [2.75, 3.05) is 32.7 Å². The van der Waals surface area contributed by atoms with Crippen molar-refractivity contribution in [2.45, 2.75) is 38.0 Å². The number of amides is 1. The van der Waals surface area contributed by atoms with Crippen LogP contribution in [0.3, 0.4) is 0 Å². The van der Waals surface area contributed by atoms with Gasteiger partial charge in [-0.05, 0) is 57.3 Å². The molecule has 3 aliphatic rings. The molecule has 3 aliphatic heterocycles.